The first kappa shape index (κ1) is 12.4. The fourth-order valence-corrected chi connectivity index (χ4v) is 2.22. The lowest BCUT2D eigenvalue weighted by atomic mass is 10.2. The van der Waals surface area contributed by atoms with Crippen molar-refractivity contribution < 1.29 is 0 Å². The first-order chi connectivity index (χ1) is 9.78. The van der Waals surface area contributed by atoms with E-state index in [4.69, 9.17) is 5.73 Å². The van der Waals surface area contributed by atoms with Crippen molar-refractivity contribution in [1.82, 2.24) is 19.6 Å². The molecule has 0 aliphatic heterocycles. The molecule has 6 heteroatoms. The van der Waals surface area contributed by atoms with Crippen LogP contribution in [0.2, 0.25) is 0 Å². The second kappa shape index (κ2) is 5.16. The van der Waals surface area contributed by atoms with Crippen LogP contribution in [-0.2, 0) is 6.54 Å². The molecule has 0 saturated heterocycles. The molecule has 0 atom stereocenters. The molecule has 2 N–H and O–H groups in total. The summed E-state index contributed by atoms with van der Waals surface area (Å²) < 4.78 is 1.87. The fourth-order valence-electron chi connectivity index (χ4n) is 2.22. The lowest BCUT2D eigenvalue weighted by molar-refractivity contribution is 0.811. The first-order valence-electron chi connectivity index (χ1n) is 6.51. The highest BCUT2D eigenvalue weighted by molar-refractivity contribution is 5.63. The van der Waals surface area contributed by atoms with Crippen molar-refractivity contribution in [3.63, 3.8) is 0 Å². The average Bonchev–Trinajstić information content (AvgIpc) is 2.93. The van der Waals surface area contributed by atoms with Crippen LogP contribution >= 0.6 is 0 Å². The van der Waals surface area contributed by atoms with Crippen molar-refractivity contribution in [3.8, 4) is 0 Å². The standard InChI is InChI=1S/C14H16N6/c1-2-19(9-11-4-3-5-12(15)8-11)13-14-18-17-10-20(14)7-6-16-13/h3-8,10H,2,9,15H2,1H3. The molecule has 0 unspecified atom stereocenters. The van der Waals surface area contributed by atoms with Crippen molar-refractivity contribution in [2.45, 2.75) is 13.5 Å². The second-order valence-electron chi connectivity index (χ2n) is 4.57. The summed E-state index contributed by atoms with van der Waals surface area (Å²) in [6, 6.07) is 7.89. The van der Waals surface area contributed by atoms with Gasteiger partial charge < -0.3 is 10.6 Å². The van der Waals surface area contributed by atoms with Gasteiger partial charge in [-0.05, 0) is 24.6 Å². The molecule has 0 saturated carbocycles. The molecule has 2 aromatic heterocycles. The van der Waals surface area contributed by atoms with E-state index < -0.39 is 0 Å². The molecule has 2 heterocycles. The zero-order valence-electron chi connectivity index (χ0n) is 11.3. The predicted molar refractivity (Wildman–Crippen MR) is 78.4 cm³/mol. The van der Waals surface area contributed by atoms with Gasteiger partial charge in [0, 0.05) is 31.2 Å². The third-order valence-electron chi connectivity index (χ3n) is 3.20. The van der Waals surface area contributed by atoms with Crippen LogP contribution < -0.4 is 10.6 Å². The first-order valence-corrected chi connectivity index (χ1v) is 6.51. The number of rotatable bonds is 4. The van der Waals surface area contributed by atoms with Gasteiger partial charge in [0.05, 0.1) is 0 Å². The Bertz CT molecular complexity index is 720. The zero-order valence-corrected chi connectivity index (χ0v) is 11.3. The van der Waals surface area contributed by atoms with Gasteiger partial charge in [-0.3, -0.25) is 4.40 Å². The van der Waals surface area contributed by atoms with E-state index in [1.807, 2.05) is 28.8 Å². The summed E-state index contributed by atoms with van der Waals surface area (Å²) in [7, 11) is 0. The Hall–Kier alpha value is -2.63. The van der Waals surface area contributed by atoms with E-state index in [0.717, 1.165) is 35.8 Å². The van der Waals surface area contributed by atoms with Gasteiger partial charge in [-0.1, -0.05) is 12.1 Å². The smallest absolute Gasteiger partial charge is 0.203 e. The number of nitrogen functional groups attached to an aromatic ring is 1. The number of benzene rings is 1. The van der Waals surface area contributed by atoms with Crippen LogP contribution in [0.15, 0.2) is 43.0 Å². The van der Waals surface area contributed by atoms with Crippen molar-refractivity contribution in [2.75, 3.05) is 17.2 Å². The Labute approximate surface area is 116 Å². The van der Waals surface area contributed by atoms with E-state index in [2.05, 4.69) is 33.1 Å². The fraction of sp³-hybridized carbons (Fsp3) is 0.214. The number of anilines is 2. The van der Waals surface area contributed by atoms with Crippen molar-refractivity contribution >= 4 is 17.2 Å². The highest BCUT2D eigenvalue weighted by Gasteiger charge is 2.12. The van der Waals surface area contributed by atoms with E-state index in [9.17, 15) is 0 Å². The van der Waals surface area contributed by atoms with Gasteiger partial charge in [0.15, 0.2) is 5.82 Å². The summed E-state index contributed by atoms with van der Waals surface area (Å²) in [6.45, 7) is 3.66. The van der Waals surface area contributed by atoms with Crippen LogP contribution in [0.1, 0.15) is 12.5 Å². The summed E-state index contributed by atoms with van der Waals surface area (Å²) in [5.41, 5.74) is 8.51. The van der Waals surface area contributed by atoms with Crippen LogP contribution in [0.3, 0.4) is 0 Å². The van der Waals surface area contributed by atoms with E-state index in [1.165, 1.54) is 0 Å². The Balaban J connectivity index is 1.95. The molecule has 3 aromatic rings. The number of nitrogens with zero attached hydrogens (tertiary/aromatic N) is 5. The third-order valence-corrected chi connectivity index (χ3v) is 3.20. The number of aromatic nitrogens is 4. The van der Waals surface area contributed by atoms with Gasteiger partial charge in [-0.15, -0.1) is 10.2 Å². The molecule has 3 rings (SSSR count). The van der Waals surface area contributed by atoms with Crippen molar-refractivity contribution in [1.29, 1.82) is 0 Å². The Morgan fingerprint density at radius 3 is 3.05 bits per heavy atom. The zero-order chi connectivity index (χ0) is 13.9. The SMILES string of the molecule is CCN(Cc1cccc(N)c1)c1nccn2cnnc12. The van der Waals surface area contributed by atoms with Crippen molar-refractivity contribution in [3.05, 3.63) is 48.5 Å². The number of fused-ring (bicyclic) bond motifs is 1. The molecule has 0 spiro atoms. The van der Waals surface area contributed by atoms with Gasteiger partial charge in [0.1, 0.15) is 6.33 Å². The summed E-state index contributed by atoms with van der Waals surface area (Å²) >= 11 is 0. The molecule has 0 bridgehead atoms. The van der Waals surface area contributed by atoms with Crippen LogP contribution in [0, 0.1) is 0 Å². The maximum atomic E-state index is 5.83. The second-order valence-corrected chi connectivity index (χ2v) is 4.57. The maximum absolute atomic E-state index is 5.83. The highest BCUT2D eigenvalue weighted by atomic mass is 15.3. The van der Waals surface area contributed by atoms with Crippen LogP contribution in [-0.4, -0.2) is 26.1 Å². The summed E-state index contributed by atoms with van der Waals surface area (Å²) in [5.74, 6) is 0.829. The summed E-state index contributed by atoms with van der Waals surface area (Å²) in [5, 5.41) is 8.06. The normalized spacial score (nSPS) is 10.8. The van der Waals surface area contributed by atoms with Crippen LogP contribution in [0.5, 0.6) is 0 Å². The summed E-state index contributed by atoms with van der Waals surface area (Å²) in [6.07, 6.45) is 5.27. The molecule has 0 fully saturated rings. The number of hydrogen-bond donors (Lipinski definition) is 1. The molecule has 6 nitrogen and oxygen atoms in total. The van der Waals surface area contributed by atoms with Crippen molar-refractivity contribution in [2.24, 2.45) is 0 Å². The molecule has 0 aliphatic rings. The summed E-state index contributed by atoms with van der Waals surface area (Å²) in [4.78, 5) is 6.59. The molecule has 0 aliphatic carbocycles. The third kappa shape index (κ3) is 2.27. The number of nitrogens with two attached hydrogens (primary N) is 1. The Morgan fingerprint density at radius 2 is 2.25 bits per heavy atom. The van der Waals surface area contributed by atoms with E-state index in [1.54, 1.807) is 12.5 Å². The quantitative estimate of drug-likeness (QED) is 0.730. The largest absolute Gasteiger partial charge is 0.399 e. The topological polar surface area (TPSA) is 72.3 Å². The predicted octanol–water partition coefficient (Wildman–Crippen LogP) is 1.73. The monoisotopic (exact) mass is 268 g/mol. The molecular formula is C14H16N6. The minimum absolute atomic E-state index is 0.737. The molecule has 1 aromatic carbocycles. The van der Waals surface area contributed by atoms with E-state index >= 15 is 0 Å². The lowest BCUT2D eigenvalue weighted by Gasteiger charge is -2.22. The molecule has 102 valence electrons. The Kier molecular flexibility index (Phi) is 3.20. The van der Waals surface area contributed by atoms with E-state index in [0.29, 0.717) is 0 Å². The maximum Gasteiger partial charge on any atom is 0.203 e. The molecular weight excluding hydrogens is 252 g/mol. The van der Waals surface area contributed by atoms with Gasteiger partial charge >= 0.3 is 0 Å². The highest BCUT2D eigenvalue weighted by Crippen LogP contribution is 2.19. The minimum Gasteiger partial charge on any atom is -0.399 e. The number of hydrogen-bond acceptors (Lipinski definition) is 5. The minimum atomic E-state index is 0.737. The molecule has 20 heavy (non-hydrogen) atoms. The van der Waals surface area contributed by atoms with Gasteiger partial charge in [-0.2, -0.15) is 0 Å². The van der Waals surface area contributed by atoms with Gasteiger partial charge in [0.2, 0.25) is 5.65 Å². The van der Waals surface area contributed by atoms with Gasteiger partial charge in [-0.25, -0.2) is 4.98 Å². The molecule has 0 radical (unpaired) electrons. The lowest BCUT2D eigenvalue weighted by Crippen LogP contribution is -2.24. The average molecular weight is 268 g/mol. The van der Waals surface area contributed by atoms with E-state index in [-0.39, 0.29) is 0 Å². The Morgan fingerprint density at radius 1 is 1.35 bits per heavy atom. The van der Waals surface area contributed by atoms with Gasteiger partial charge in [0.25, 0.3) is 0 Å². The van der Waals surface area contributed by atoms with Crippen LogP contribution in [0.25, 0.3) is 5.65 Å². The van der Waals surface area contributed by atoms with Crippen LogP contribution in [0.4, 0.5) is 11.5 Å². The molecule has 0 amide bonds.